The van der Waals surface area contributed by atoms with Crippen LogP contribution in [0.4, 0.5) is 4.39 Å². The van der Waals surface area contributed by atoms with Crippen LogP contribution in [0.5, 0.6) is 11.5 Å². The number of benzene rings is 2. The van der Waals surface area contributed by atoms with Gasteiger partial charge in [0.05, 0.1) is 19.8 Å². The third-order valence-corrected chi connectivity index (χ3v) is 3.33. The summed E-state index contributed by atoms with van der Waals surface area (Å²) in [6.07, 6.45) is 0. The zero-order valence-electron chi connectivity index (χ0n) is 12.8. The molecule has 0 spiro atoms. The molecule has 0 saturated carbocycles. The molecule has 2 aromatic carbocycles. The molecule has 0 bridgehead atoms. The van der Waals surface area contributed by atoms with Crippen LogP contribution in [-0.4, -0.2) is 32.1 Å². The molecule has 1 amide bonds. The summed E-state index contributed by atoms with van der Waals surface area (Å²) in [6.45, 7) is 0.383. The molecule has 0 aliphatic heterocycles. The van der Waals surface area contributed by atoms with Crippen molar-refractivity contribution in [2.75, 3.05) is 21.3 Å². The fourth-order valence-corrected chi connectivity index (χ4v) is 2.08. The van der Waals surface area contributed by atoms with Gasteiger partial charge in [0.1, 0.15) is 17.3 Å². The highest BCUT2D eigenvalue weighted by atomic mass is 19.1. The number of carbonyl (C=O) groups is 1. The van der Waals surface area contributed by atoms with Gasteiger partial charge in [-0.3, -0.25) is 4.79 Å². The molecule has 0 N–H and O–H groups in total. The van der Waals surface area contributed by atoms with Gasteiger partial charge in [0.25, 0.3) is 5.91 Å². The first kappa shape index (κ1) is 15.8. The van der Waals surface area contributed by atoms with Gasteiger partial charge in [0, 0.05) is 19.7 Å². The largest absolute Gasteiger partial charge is 0.497 e. The van der Waals surface area contributed by atoms with Crippen molar-refractivity contribution in [3.63, 3.8) is 0 Å². The van der Waals surface area contributed by atoms with Crippen LogP contribution in [0.1, 0.15) is 15.9 Å². The summed E-state index contributed by atoms with van der Waals surface area (Å²) in [5, 5.41) is 0. The Kier molecular flexibility index (Phi) is 4.99. The smallest absolute Gasteiger partial charge is 0.256 e. The van der Waals surface area contributed by atoms with Crippen LogP contribution < -0.4 is 9.47 Å². The standard InChI is InChI=1S/C17H18FNO3/c1-19(11-12-4-6-13(21-2)7-5-12)17(20)15-9-8-14(22-3)10-16(15)18/h4-10H,11H2,1-3H3. The van der Waals surface area contributed by atoms with Crippen molar-refractivity contribution in [3.05, 3.63) is 59.4 Å². The maximum Gasteiger partial charge on any atom is 0.256 e. The fourth-order valence-electron chi connectivity index (χ4n) is 2.08. The van der Waals surface area contributed by atoms with Gasteiger partial charge in [-0.2, -0.15) is 0 Å². The third-order valence-electron chi connectivity index (χ3n) is 3.33. The maximum absolute atomic E-state index is 13.9. The Labute approximate surface area is 129 Å². The number of rotatable bonds is 5. The summed E-state index contributed by atoms with van der Waals surface area (Å²) in [5.41, 5.74) is 0.961. The Bertz CT molecular complexity index is 655. The molecule has 0 radical (unpaired) electrons. The minimum absolute atomic E-state index is 0.0248. The van der Waals surface area contributed by atoms with Gasteiger partial charge in [-0.05, 0) is 29.8 Å². The van der Waals surface area contributed by atoms with Crippen LogP contribution in [0.2, 0.25) is 0 Å². The van der Waals surface area contributed by atoms with Crippen molar-refractivity contribution in [2.45, 2.75) is 6.54 Å². The zero-order chi connectivity index (χ0) is 16.1. The summed E-state index contributed by atoms with van der Waals surface area (Å²) in [5.74, 6) is 0.160. The monoisotopic (exact) mass is 303 g/mol. The van der Waals surface area contributed by atoms with E-state index in [4.69, 9.17) is 9.47 Å². The highest BCUT2D eigenvalue weighted by molar-refractivity contribution is 5.94. The zero-order valence-corrected chi connectivity index (χ0v) is 12.8. The molecule has 5 heteroatoms. The molecule has 4 nitrogen and oxygen atoms in total. The molecule has 2 aromatic rings. The van der Waals surface area contributed by atoms with Crippen LogP contribution in [0.25, 0.3) is 0 Å². The van der Waals surface area contributed by atoms with Crippen LogP contribution in [0.15, 0.2) is 42.5 Å². The lowest BCUT2D eigenvalue weighted by molar-refractivity contribution is 0.0780. The Morgan fingerprint density at radius 1 is 1.05 bits per heavy atom. The van der Waals surface area contributed by atoms with E-state index in [-0.39, 0.29) is 11.5 Å². The number of amides is 1. The van der Waals surface area contributed by atoms with E-state index in [2.05, 4.69) is 0 Å². The van der Waals surface area contributed by atoms with E-state index in [1.165, 1.54) is 24.1 Å². The predicted molar refractivity (Wildman–Crippen MR) is 81.7 cm³/mol. The van der Waals surface area contributed by atoms with E-state index < -0.39 is 5.82 Å². The van der Waals surface area contributed by atoms with Gasteiger partial charge >= 0.3 is 0 Å². The minimum atomic E-state index is -0.592. The molecule has 0 aliphatic rings. The van der Waals surface area contributed by atoms with Crippen LogP contribution in [0.3, 0.4) is 0 Å². The summed E-state index contributed by atoms with van der Waals surface area (Å²) < 4.78 is 24.0. The number of carbonyl (C=O) groups excluding carboxylic acids is 1. The van der Waals surface area contributed by atoms with Gasteiger partial charge < -0.3 is 14.4 Å². The lowest BCUT2D eigenvalue weighted by Gasteiger charge is -2.18. The van der Waals surface area contributed by atoms with Crippen molar-refractivity contribution >= 4 is 5.91 Å². The molecular weight excluding hydrogens is 285 g/mol. The van der Waals surface area contributed by atoms with Crippen LogP contribution in [-0.2, 0) is 6.54 Å². The highest BCUT2D eigenvalue weighted by Crippen LogP contribution is 2.19. The second-order valence-electron chi connectivity index (χ2n) is 4.86. The summed E-state index contributed by atoms with van der Waals surface area (Å²) >= 11 is 0. The molecule has 0 fully saturated rings. The van der Waals surface area contributed by atoms with Crippen molar-refractivity contribution in [1.82, 2.24) is 4.90 Å². The number of ether oxygens (including phenoxy) is 2. The first-order chi connectivity index (χ1) is 10.5. The van der Waals surface area contributed by atoms with Crippen LogP contribution in [0, 0.1) is 5.82 Å². The Morgan fingerprint density at radius 3 is 2.18 bits per heavy atom. The molecule has 2 rings (SSSR count). The lowest BCUT2D eigenvalue weighted by atomic mass is 10.1. The summed E-state index contributed by atoms with van der Waals surface area (Å²) in [7, 11) is 4.68. The van der Waals surface area contributed by atoms with Crippen molar-refractivity contribution in [3.8, 4) is 11.5 Å². The van der Waals surface area contributed by atoms with Crippen LogP contribution >= 0.6 is 0 Å². The second kappa shape index (κ2) is 6.93. The van der Waals surface area contributed by atoms with E-state index in [9.17, 15) is 9.18 Å². The van der Waals surface area contributed by atoms with E-state index in [0.717, 1.165) is 11.3 Å². The predicted octanol–water partition coefficient (Wildman–Crippen LogP) is 3.12. The minimum Gasteiger partial charge on any atom is -0.497 e. The molecule has 116 valence electrons. The van der Waals surface area contributed by atoms with E-state index >= 15 is 0 Å². The number of methoxy groups -OCH3 is 2. The average Bonchev–Trinajstić information content (AvgIpc) is 2.54. The maximum atomic E-state index is 13.9. The molecule has 0 aromatic heterocycles. The Balaban J connectivity index is 2.11. The second-order valence-corrected chi connectivity index (χ2v) is 4.86. The van der Waals surface area contributed by atoms with E-state index in [0.29, 0.717) is 12.3 Å². The molecule has 0 unspecified atom stereocenters. The van der Waals surface area contributed by atoms with Crippen molar-refractivity contribution < 1.29 is 18.7 Å². The van der Waals surface area contributed by atoms with E-state index in [1.807, 2.05) is 24.3 Å². The summed E-state index contributed by atoms with van der Waals surface area (Å²) in [4.78, 5) is 13.8. The number of hydrogen-bond acceptors (Lipinski definition) is 3. The van der Waals surface area contributed by atoms with Gasteiger partial charge in [-0.15, -0.1) is 0 Å². The van der Waals surface area contributed by atoms with Crippen molar-refractivity contribution in [2.24, 2.45) is 0 Å². The number of nitrogens with zero attached hydrogens (tertiary/aromatic N) is 1. The number of halogens is 1. The highest BCUT2D eigenvalue weighted by Gasteiger charge is 2.17. The average molecular weight is 303 g/mol. The quantitative estimate of drug-likeness (QED) is 0.852. The molecule has 0 saturated heterocycles. The Hall–Kier alpha value is -2.56. The molecule has 22 heavy (non-hydrogen) atoms. The van der Waals surface area contributed by atoms with Gasteiger partial charge in [0.2, 0.25) is 0 Å². The van der Waals surface area contributed by atoms with Gasteiger partial charge in [0.15, 0.2) is 0 Å². The third kappa shape index (κ3) is 3.55. The van der Waals surface area contributed by atoms with Crippen molar-refractivity contribution in [1.29, 1.82) is 0 Å². The Morgan fingerprint density at radius 2 is 1.64 bits per heavy atom. The molecule has 0 atom stereocenters. The van der Waals surface area contributed by atoms with Gasteiger partial charge in [-0.25, -0.2) is 4.39 Å². The van der Waals surface area contributed by atoms with E-state index in [1.54, 1.807) is 20.2 Å². The molecule has 0 aliphatic carbocycles. The first-order valence-electron chi connectivity index (χ1n) is 6.77. The number of hydrogen-bond donors (Lipinski definition) is 0. The molecule has 0 heterocycles. The fraction of sp³-hybridized carbons (Fsp3) is 0.235. The topological polar surface area (TPSA) is 38.8 Å². The normalized spacial score (nSPS) is 10.2. The summed E-state index contributed by atoms with van der Waals surface area (Å²) in [6, 6.07) is 11.6. The SMILES string of the molecule is COc1ccc(CN(C)C(=O)c2ccc(OC)cc2F)cc1. The lowest BCUT2D eigenvalue weighted by Crippen LogP contribution is -2.27. The molecular formula is C17H18FNO3. The first-order valence-corrected chi connectivity index (χ1v) is 6.77. The van der Waals surface area contributed by atoms with Gasteiger partial charge in [-0.1, -0.05) is 12.1 Å².